The zero-order valence-corrected chi connectivity index (χ0v) is 13.7. The molecule has 0 bridgehead atoms. The first kappa shape index (κ1) is 17.6. The normalized spacial score (nSPS) is 13.3. The fraction of sp³-hybridized carbons (Fsp3) is 0.500. The molecule has 0 spiro atoms. The lowest BCUT2D eigenvalue weighted by molar-refractivity contribution is 0.0976. The van der Waals surface area contributed by atoms with Crippen LogP contribution in [0.5, 0.6) is 0 Å². The van der Waals surface area contributed by atoms with Crippen LogP contribution in [0.1, 0.15) is 37.0 Å². The Hall–Kier alpha value is -1.46. The van der Waals surface area contributed by atoms with Gasteiger partial charge in [0.25, 0.3) is 5.91 Å². The minimum atomic E-state index is -0.190. The molecule has 2 atom stereocenters. The van der Waals surface area contributed by atoms with E-state index in [9.17, 15) is 4.79 Å². The van der Waals surface area contributed by atoms with Gasteiger partial charge in [-0.25, -0.2) is 0 Å². The number of carbonyl (C=O) groups excluding carboxylic acids is 1. The summed E-state index contributed by atoms with van der Waals surface area (Å²) < 4.78 is 5.12. The monoisotopic (exact) mass is 308 g/mol. The number of rotatable bonds is 7. The van der Waals surface area contributed by atoms with E-state index >= 15 is 0 Å². The maximum atomic E-state index is 12.0. The molecule has 0 aliphatic rings. The van der Waals surface area contributed by atoms with Gasteiger partial charge >= 0.3 is 0 Å². The van der Waals surface area contributed by atoms with E-state index in [1.807, 2.05) is 18.2 Å². The topological polar surface area (TPSA) is 50.4 Å². The smallest absolute Gasteiger partial charge is 0.257 e. The third kappa shape index (κ3) is 6.23. The Bertz CT molecular complexity index is 451. The van der Waals surface area contributed by atoms with Crippen molar-refractivity contribution in [2.75, 3.05) is 13.7 Å². The predicted molar refractivity (Wildman–Crippen MR) is 89.4 cm³/mol. The molecule has 2 unspecified atom stereocenters. The van der Waals surface area contributed by atoms with Crippen molar-refractivity contribution in [3.63, 3.8) is 0 Å². The van der Waals surface area contributed by atoms with Crippen LogP contribution < -0.4 is 10.6 Å². The van der Waals surface area contributed by atoms with E-state index in [4.69, 9.17) is 17.0 Å². The Labute approximate surface area is 132 Å². The first-order chi connectivity index (χ1) is 10.1. The lowest BCUT2D eigenvalue weighted by Crippen LogP contribution is -2.46. The fourth-order valence-electron chi connectivity index (χ4n) is 2.20. The van der Waals surface area contributed by atoms with Gasteiger partial charge < -0.3 is 10.1 Å². The Morgan fingerprint density at radius 3 is 2.57 bits per heavy atom. The SMILES string of the molecule is CCC(CCOC)C(C)NC(=S)NC(=O)c1ccccc1. The molecule has 0 heterocycles. The first-order valence-electron chi connectivity index (χ1n) is 7.24. The van der Waals surface area contributed by atoms with Gasteiger partial charge in [0.2, 0.25) is 0 Å². The number of thiocarbonyl (C=S) groups is 1. The van der Waals surface area contributed by atoms with Crippen LogP contribution in [-0.4, -0.2) is 30.8 Å². The second-order valence-electron chi connectivity index (χ2n) is 5.03. The van der Waals surface area contributed by atoms with Crippen LogP contribution in [0.4, 0.5) is 0 Å². The zero-order valence-electron chi connectivity index (χ0n) is 12.9. The molecule has 0 aliphatic heterocycles. The molecule has 2 N–H and O–H groups in total. The highest BCUT2D eigenvalue weighted by Crippen LogP contribution is 2.13. The van der Waals surface area contributed by atoms with Crippen LogP contribution in [0.25, 0.3) is 0 Å². The largest absolute Gasteiger partial charge is 0.385 e. The van der Waals surface area contributed by atoms with E-state index in [1.165, 1.54) is 0 Å². The van der Waals surface area contributed by atoms with Crippen LogP contribution in [0.15, 0.2) is 30.3 Å². The van der Waals surface area contributed by atoms with Crippen LogP contribution in [0, 0.1) is 5.92 Å². The van der Waals surface area contributed by atoms with E-state index < -0.39 is 0 Å². The predicted octanol–water partition coefficient (Wildman–Crippen LogP) is 2.74. The van der Waals surface area contributed by atoms with Crippen LogP contribution in [0.2, 0.25) is 0 Å². The van der Waals surface area contributed by atoms with E-state index in [0.717, 1.165) is 19.4 Å². The van der Waals surface area contributed by atoms with Gasteiger partial charge in [-0.1, -0.05) is 31.5 Å². The van der Waals surface area contributed by atoms with Crippen molar-refractivity contribution in [3.05, 3.63) is 35.9 Å². The molecule has 4 nitrogen and oxygen atoms in total. The maximum absolute atomic E-state index is 12.0. The molecule has 0 saturated carbocycles. The molecule has 0 aliphatic carbocycles. The fourth-order valence-corrected chi connectivity index (χ4v) is 2.48. The van der Waals surface area contributed by atoms with Gasteiger partial charge in [0.05, 0.1) is 0 Å². The number of methoxy groups -OCH3 is 1. The number of hydrogen-bond acceptors (Lipinski definition) is 3. The molecular weight excluding hydrogens is 284 g/mol. The molecule has 0 fully saturated rings. The second kappa shape index (κ2) is 9.47. The van der Waals surface area contributed by atoms with Crippen molar-refractivity contribution < 1.29 is 9.53 Å². The summed E-state index contributed by atoms with van der Waals surface area (Å²) in [5.74, 6) is 0.266. The minimum absolute atomic E-state index is 0.189. The highest BCUT2D eigenvalue weighted by molar-refractivity contribution is 7.80. The summed E-state index contributed by atoms with van der Waals surface area (Å²) in [4.78, 5) is 12.0. The zero-order chi connectivity index (χ0) is 15.7. The molecular formula is C16H24N2O2S. The summed E-state index contributed by atoms with van der Waals surface area (Å²) >= 11 is 5.21. The molecule has 1 aromatic rings. The Morgan fingerprint density at radius 2 is 2.00 bits per heavy atom. The van der Waals surface area contributed by atoms with Gasteiger partial charge in [-0.15, -0.1) is 0 Å². The highest BCUT2D eigenvalue weighted by atomic mass is 32.1. The number of ether oxygens (including phenoxy) is 1. The number of nitrogens with one attached hydrogen (secondary N) is 2. The van der Waals surface area contributed by atoms with Gasteiger partial charge in [-0.05, 0) is 43.6 Å². The summed E-state index contributed by atoms with van der Waals surface area (Å²) in [5, 5.41) is 6.26. The minimum Gasteiger partial charge on any atom is -0.385 e. The van der Waals surface area contributed by atoms with Crippen LogP contribution in [-0.2, 0) is 4.74 Å². The molecule has 0 radical (unpaired) electrons. The number of carbonyl (C=O) groups is 1. The lowest BCUT2D eigenvalue weighted by atomic mass is 9.95. The summed E-state index contributed by atoms with van der Waals surface area (Å²) in [6.07, 6.45) is 2.00. The standard InChI is InChI=1S/C16H24N2O2S/c1-4-13(10-11-20-3)12(2)17-16(21)18-15(19)14-8-6-5-7-9-14/h5-9,12-13H,4,10-11H2,1-3H3,(H2,17,18,19,21). The number of amides is 1. The number of benzene rings is 1. The summed E-state index contributed by atoms with van der Waals surface area (Å²) in [6, 6.07) is 9.23. The van der Waals surface area contributed by atoms with Crippen molar-refractivity contribution in [2.24, 2.45) is 5.92 Å². The highest BCUT2D eigenvalue weighted by Gasteiger charge is 2.17. The summed E-state index contributed by atoms with van der Waals surface area (Å²) in [7, 11) is 1.70. The third-order valence-electron chi connectivity index (χ3n) is 3.55. The molecule has 1 aromatic carbocycles. The van der Waals surface area contributed by atoms with Gasteiger partial charge in [-0.2, -0.15) is 0 Å². The molecule has 0 aromatic heterocycles. The van der Waals surface area contributed by atoms with Gasteiger partial charge in [0.1, 0.15) is 0 Å². The molecule has 0 saturated heterocycles. The van der Waals surface area contributed by atoms with Crippen molar-refractivity contribution in [3.8, 4) is 0 Å². The van der Waals surface area contributed by atoms with Crippen molar-refractivity contribution in [1.82, 2.24) is 10.6 Å². The lowest BCUT2D eigenvalue weighted by Gasteiger charge is -2.24. The second-order valence-corrected chi connectivity index (χ2v) is 5.44. The van der Waals surface area contributed by atoms with Gasteiger partial charge in [0, 0.05) is 25.3 Å². The Morgan fingerprint density at radius 1 is 1.33 bits per heavy atom. The molecule has 5 heteroatoms. The average Bonchev–Trinajstić information content (AvgIpc) is 2.48. The molecule has 116 valence electrons. The maximum Gasteiger partial charge on any atom is 0.257 e. The van der Waals surface area contributed by atoms with E-state index in [-0.39, 0.29) is 11.9 Å². The van der Waals surface area contributed by atoms with Crippen molar-refractivity contribution in [1.29, 1.82) is 0 Å². The Kier molecular flexibility index (Phi) is 7.93. The molecule has 21 heavy (non-hydrogen) atoms. The molecule has 1 amide bonds. The van der Waals surface area contributed by atoms with Gasteiger partial charge in [-0.3, -0.25) is 10.1 Å². The van der Waals surface area contributed by atoms with Crippen LogP contribution >= 0.6 is 12.2 Å². The summed E-state index contributed by atoms with van der Waals surface area (Å²) in [5.41, 5.74) is 0.598. The van der Waals surface area contributed by atoms with Crippen molar-refractivity contribution in [2.45, 2.75) is 32.7 Å². The van der Waals surface area contributed by atoms with E-state index in [2.05, 4.69) is 24.5 Å². The molecule has 1 rings (SSSR count). The third-order valence-corrected chi connectivity index (χ3v) is 3.77. The Balaban J connectivity index is 2.47. The van der Waals surface area contributed by atoms with Crippen LogP contribution in [0.3, 0.4) is 0 Å². The summed E-state index contributed by atoms with van der Waals surface area (Å²) in [6.45, 7) is 4.95. The first-order valence-corrected chi connectivity index (χ1v) is 7.65. The quantitative estimate of drug-likeness (QED) is 0.761. The van der Waals surface area contributed by atoms with E-state index in [1.54, 1.807) is 19.2 Å². The average molecular weight is 308 g/mol. The van der Waals surface area contributed by atoms with Crippen molar-refractivity contribution >= 4 is 23.2 Å². The number of hydrogen-bond donors (Lipinski definition) is 2. The van der Waals surface area contributed by atoms with Gasteiger partial charge in [0.15, 0.2) is 5.11 Å². The van der Waals surface area contributed by atoms with E-state index in [0.29, 0.717) is 16.6 Å².